The minimum atomic E-state index is -0.580. The van der Waals surface area contributed by atoms with E-state index >= 15 is 0 Å². The zero-order valence-electron chi connectivity index (χ0n) is 12.4. The second-order valence-corrected chi connectivity index (χ2v) is 5.02. The third kappa shape index (κ3) is 9.30. The quantitative estimate of drug-likeness (QED) is 0.241. The first-order valence-corrected chi connectivity index (χ1v) is 7.41. The van der Waals surface area contributed by atoms with Crippen LogP contribution in [0.1, 0.15) is 65.2 Å². The van der Waals surface area contributed by atoms with Gasteiger partial charge in [0.05, 0.1) is 6.61 Å². The van der Waals surface area contributed by atoms with Crippen LogP contribution in [0.3, 0.4) is 0 Å². The molecule has 0 rings (SSSR count). The molecule has 0 aliphatic rings. The van der Waals surface area contributed by atoms with Crippen LogP contribution in [0.25, 0.3) is 0 Å². The number of nitrogens with zero attached hydrogens (tertiary/aromatic N) is 1. The molecule has 0 amide bonds. The zero-order chi connectivity index (χ0) is 14.5. The summed E-state index contributed by atoms with van der Waals surface area (Å²) in [5.41, 5.74) is -0.116. The Morgan fingerprint density at radius 3 is 2.42 bits per heavy atom. The number of nitriles is 1. The summed E-state index contributed by atoms with van der Waals surface area (Å²) in [6.45, 7) is 8.08. The lowest BCUT2D eigenvalue weighted by molar-refractivity contribution is -0.140. The van der Waals surface area contributed by atoms with Gasteiger partial charge in [0.2, 0.25) is 0 Å². The summed E-state index contributed by atoms with van der Waals surface area (Å²) in [6, 6.07) is 1.71. The second-order valence-electron chi connectivity index (χ2n) is 5.02. The SMILES string of the molecule is C=C(C#N)C(=O)OCC(CC)CCCCCCCC. The van der Waals surface area contributed by atoms with E-state index in [0.717, 1.165) is 12.8 Å². The number of rotatable bonds is 11. The maximum absolute atomic E-state index is 11.3. The van der Waals surface area contributed by atoms with Crippen molar-refractivity contribution >= 4 is 5.97 Å². The van der Waals surface area contributed by atoms with Gasteiger partial charge in [-0.05, 0) is 12.3 Å². The van der Waals surface area contributed by atoms with E-state index in [9.17, 15) is 4.79 Å². The Bertz CT molecular complexity index is 304. The van der Waals surface area contributed by atoms with E-state index in [2.05, 4.69) is 20.4 Å². The van der Waals surface area contributed by atoms with E-state index in [1.165, 1.54) is 38.5 Å². The number of carbonyl (C=O) groups excluding carboxylic acids is 1. The minimum Gasteiger partial charge on any atom is -0.461 e. The number of hydrogen-bond acceptors (Lipinski definition) is 3. The summed E-state index contributed by atoms with van der Waals surface area (Å²) in [5, 5.41) is 8.52. The van der Waals surface area contributed by atoms with Gasteiger partial charge in [-0.25, -0.2) is 4.79 Å². The molecule has 0 N–H and O–H groups in total. The molecule has 1 atom stereocenters. The van der Waals surface area contributed by atoms with Gasteiger partial charge in [0.1, 0.15) is 11.6 Å². The predicted octanol–water partition coefficient (Wildman–Crippen LogP) is 4.39. The van der Waals surface area contributed by atoms with Crippen LogP contribution in [-0.2, 0) is 9.53 Å². The van der Waals surface area contributed by atoms with E-state index < -0.39 is 5.97 Å². The fourth-order valence-corrected chi connectivity index (χ4v) is 1.94. The molecule has 19 heavy (non-hydrogen) atoms. The van der Waals surface area contributed by atoms with Crippen LogP contribution in [-0.4, -0.2) is 12.6 Å². The maximum Gasteiger partial charge on any atom is 0.348 e. The number of esters is 1. The van der Waals surface area contributed by atoms with Gasteiger partial charge in [0.25, 0.3) is 0 Å². The van der Waals surface area contributed by atoms with E-state index in [1.807, 2.05) is 0 Å². The summed E-state index contributed by atoms with van der Waals surface area (Å²) in [5.74, 6) is -0.175. The summed E-state index contributed by atoms with van der Waals surface area (Å²) in [4.78, 5) is 11.3. The van der Waals surface area contributed by atoms with Crippen molar-refractivity contribution in [1.82, 2.24) is 0 Å². The smallest absolute Gasteiger partial charge is 0.348 e. The van der Waals surface area contributed by atoms with E-state index in [0.29, 0.717) is 12.5 Å². The van der Waals surface area contributed by atoms with Crippen molar-refractivity contribution in [1.29, 1.82) is 5.26 Å². The van der Waals surface area contributed by atoms with E-state index in [-0.39, 0.29) is 5.57 Å². The van der Waals surface area contributed by atoms with Gasteiger partial charge in [0, 0.05) is 0 Å². The average molecular weight is 265 g/mol. The monoisotopic (exact) mass is 265 g/mol. The normalized spacial score (nSPS) is 11.6. The lowest BCUT2D eigenvalue weighted by Crippen LogP contribution is -2.14. The largest absolute Gasteiger partial charge is 0.461 e. The molecular formula is C16H27NO2. The Morgan fingerprint density at radius 1 is 1.21 bits per heavy atom. The lowest BCUT2D eigenvalue weighted by atomic mass is 9.98. The average Bonchev–Trinajstić information content (AvgIpc) is 2.44. The molecule has 0 heterocycles. The van der Waals surface area contributed by atoms with E-state index in [4.69, 9.17) is 10.00 Å². The number of carbonyl (C=O) groups is 1. The van der Waals surface area contributed by atoms with Crippen molar-refractivity contribution in [3.05, 3.63) is 12.2 Å². The summed E-state index contributed by atoms with van der Waals surface area (Å²) < 4.78 is 5.08. The Labute approximate surface area is 117 Å². The Morgan fingerprint density at radius 2 is 1.84 bits per heavy atom. The highest BCUT2D eigenvalue weighted by Crippen LogP contribution is 2.16. The molecule has 0 saturated heterocycles. The molecule has 0 aromatic carbocycles. The highest BCUT2D eigenvalue weighted by atomic mass is 16.5. The minimum absolute atomic E-state index is 0.116. The molecular weight excluding hydrogens is 238 g/mol. The number of ether oxygens (including phenoxy) is 1. The molecule has 0 spiro atoms. The molecule has 0 aromatic rings. The van der Waals surface area contributed by atoms with Crippen molar-refractivity contribution in [3.63, 3.8) is 0 Å². The van der Waals surface area contributed by atoms with Crippen LogP contribution < -0.4 is 0 Å². The Balaban J connectivity index is 3.69. The highest BCUT2D eigenvalue weighted by molar-refractivity contribution is 5.91. The first-order valence-electron chi connectivity index (χ1n) is 7.41. The summed E-state index contributed by atoms with van der Waals surface area (Å²) >= 11 is 0. The van der Waals surface area contributed by atoms with Crippen LogP contribution in [0.2, 0.25) is 0 Å². The lowest BCUT2D eigenvalue weighted by Gasteiger charge is -2.14. The van der Waals surface area contributed by atoms with Crippen molar-refractivity contribution in [2.24, 2.45) is 5.92 Å². The predicted molar refractivity (Wildman–Crippen MR) is 77.5 cm³/mol. The van der Waals surface area contributed by atoms with Crippen LogP contribution >= 0.6 is 0 Å². The third-order valence-corrected chi connectivity index (χ3v) is 3.37. The van der Waals surface area contributed by atoms with Crippen molar-refractivity contribution in [2.75, 3.05) is 6.61 Å². The molecule has 1 unspecified atom stereocenters. The zero-order valence-corrected chi connectivity index (χ0v) is 12.4. The molecule has 3 nitrogen and oxygen atoms in total. The molecule has 0 aromatic heterocycles. The highest BCUT2D eigenvalue weighted by Gasteiger charge is 2.12. The van der Waals surface area contributed by atoms with Gasteiger partial charge < -0.3 is 4.74 Å². The van der Waals surface area contributed by atoms with Crippen molar-refractivity contribution < 1.29 is 9.53 Å². The number of hydrogen-bond donors (Lipinski definition) is 0. The van der Waals surface area contributed by atoms with E-state index in [1.54, 1.807) is 6.07 Å². The van der Waals surface area contributed by atoms with Gasteiger partial charge in [-0.15, -0.1) is 0 Å². The molecule has 0 bridgehead atoms. The molecule has 0 aliphatic carbocycles. The Kier molecular flexibility index (Phi) is 11.0. The van der Waals surface area contributed by atoms with Crippen LogP contribution in [0.5, 0.6) is 0 Å². The van der Waals surface area contributed by atoms with Crippen molar-refractivity contribution in [3.8, 4) is 6.07 Å². The van der Waals surface area contributed by atoms with Crippen LogP contribution in [0.15, 0.2) is 12.2 Å². The van der Waals surface area contributed by atoms with Crippen LogP contribution in [0, 0.1) is 17.2 Å². The van der Waals surface area contributed by atoms with Gasteiger partial charge in [-0.1, -0.05) is 65.4 Å². The first kappa shape index (κ1) is 17.7. The van der Waals surface area contributed by atoms with Gasteiger partial charge in [0.15, 0.2) is 0 Å². The molecule has 3 heteroatoms. The summed E-state index contributed by atoms with van der Waals surface area (Å²) in [7, 11) is 0. The fourth-order valence-electron chi connectivity index (χ4n) is 1.94. The molecule has 108 valence electrons. The fraction of sp³-hybridized carbons (Fsp3) is 0.750. The number of unbranched alkanes of at least 4 members (excludes halogenated alkanes) is 5. The topological polar surface area (TPSA) is 50.1 Å². The summed E-state index contributed by atoms with van der Waals surface area (Å²) in [6.07, 6.45) is 9.77. The van der Waals surface area contributed by atoms with Crippen molar-refractivity contribution in [2.45, 2.75) is 65.2 Å². The maximum atomic E-state index is 11.3. The second kappa shape index (κ2) is 11.8. The molecule has 0 fully saturated rings. The first-order chi connectivity index (χ1) is 9.15. The third-order valence-electron chi connectivity index (χ3n) is 3.37. The van der Waals surface area contributed by atoms with Gasteiger partial charge >= 0.3 is 5.97 Å². The van der Waals surface area contributed by atoms with Crippen LogP contribution in [0.4, 0.5) is 0 Å². The van der Waals surface area contributed by atoms with Gasteiger partial charge in [-0.2, -0.15) is 5.26 Å². The Hall–Kier alpha value is -1.30. The molecule has 0 radical (unpaired) electrons. The standard InChI is InChI=1S/C16H27NO2/c1-4-6-7-8-9-10-11-15(5-2)13-19-16(18)14(3)12-17/h15H,3-11,13H2,1-2H3. The molecule has 0 aliphatic heterocycles. The molecule has 0 saturated carbocycles. The van der Waals surface area contributed by atoms with Gasteiger partial charge in [-0.3, -0.25) is 0 Å².